The average molecular weight is 771 g/mol. The molecule has 1 fully saturated rings. The van der Waals surface area contributed by atoms with Gasteiger partial charge in [-0.15, -0.1) is 23.2 Å². The zero-order valence-electron chi connectivity index (χ0n) is 27.7. The number of hydrogen-bond donors (Lipinski definition) is 2. The fourth-order valence-electron chi connectivity index (χ4n) is 4.88. The molecule has 0 radical (unpaired) electrons. The van der Waals surface area contributed by atoms with E-state index in [2.05, 4.69) is 17.2 Å². The summed E-state index contributed by atoms with van der Waals surface area (Å²) >= 11 is 25.5. The van der Waals surface area contributed by atoms with Crippen molar-refractivity contribution in [3.8, 4) is 0 Å². The predicted octanol–water partition coefficient (Wildman–Crippen LogP) is 10.4. The van der Waals surface area contributed by atoms with Crippen LogP contribution in [0.2, 0.25) is 10.0 Å². The van der Waals surface area contributed by atoms with Gasteiger partial charge in [0.05, 0.1) is 22.2 Å². The Morgan fingerprint density at radius 1 is 0.860 bits per heavy atom. The maximum atomic E-state index is 16.0. The molecule has 1 saturated carbocycles. The third kappa shape index (κ3) is 8.69. The van der Waals surface area contributed by atoms with Gasteiger partial charge in [-0.05, 0) is 95.1 Å². The zero-order valence-corrected chi connectivity index (χ0v) is 30.7. The molecule has 0 heterocycles. The first kappa shape index (κ1) is 38.9. The third-order valence-corrected chi connectivity index (χ3v) is 8.72. The van der Waals surface area contributed by atoms with Crippen molar-refractivity contribution >= 4 is 93.5 Å². The Labute approximate surface area is 307 Å². The SMILES string of the molecule is C=Cc1cc(C2C(C(=O)Nc3ccc(Cl)c(C(=O)Nc4ccc(F)c(N(C(=O)OC(C)(C)C)C(=O)OC(C)(C)C)c4F)c3)C2(Cl)Cl)ccc1Cl. The molecule has 2 atom stereocenters. The van der Waals surface area contributed by atoms with Crippen molar-refractivity contribution in [1.29, 1.82) is 0 Å². The molecule has 3 aromatic carbocycles. The van der Waals surface area contributed by atoms with E-state index in [1.54, 1.807) is 24.3 Å². The molecule has 2 unspecified atom stereocenters. The number of imide groups is 1. The Morgan fingerprint density at radius 2 is 1.44 bits per heavy atom. The van der Waals surface area contributed by atoms with Crippen molar-refractivity contribution in [2.45, 2.75) is 63.0 Å². The van der Waals surface area contributed by atoms with Crippen LogP contribution in [-0.4, -0.2) is 39.5 Å². The van der Waals surface area contributed by atoms with Gasteiger partial charge in [-0.25, -0.2) is 18.4 Å². The first-order valence-electron chi connectivity index (χ1n) is 15.0. The van der Waals surface area contributed by atoms with Crippen LogP contribution in [0.4, 0.5) is 35.4 Å². The molecule has 9 nitrogen and oxygen atoms in total. The van der Waals surface area contributed by atoms with E-state index in [0.29, 0.717) is 16.1 Å². The van der Waals surface area contributed by atoms with Crippen LogP contribution in [0.3, 0.4) is 0 Å². The number of benzene rings is 3. The Bertz CT molecular complexity index is 1860. The second-order valence-corrected chi connectivity index (χ2v) is 15.6. The minimum absolute atomic E-state index is 0.0706. The van der Waals surface area contributed by atoms with Crippen LogP contribution in [0.1, 0.15) is 68.9 Å². The lowest BCUT2D eigenvalue weighted by Gasteiger charge is -2.29. The molecule has 0 aromatic heterocycles. The lowest BCUT2D eigenvalue weighted by Crippen LogP contribution is -2.44. The molecule has 1 aliphatic rings. The summed E-state index contributed by atoms with van der Waals surface area (Å²) in [6.45, 7) is 12.7. The van der Waals surface area contributed by atoms with E-state index in [-0.39, 0.29) is 21.2 Å². The predicted molar refractivity (Wildman–Crippen MR) is 192 cm³/mol. The monoisotopic (exact) mass is 769 g/mol. The van der Waals surface area contributed by atoms with Crippen molar-refractivity contribution in [3.05, 3.63) is 93.5 Å². The average Bonchev–Trinajstić information content (AvgIpc) is 3.57. The molecule has 15 heteroatoms. The number of carbonyl (C=O) groups excluding carboxylic acids is 4. The molecule has 0 aliphatic heterocycles. The summed E-state index contributed by atoms with van der Waals surface area (Å²) in [5.41, 5.74) is -2.86. The number of hydrogen-bond acceptors (Lipinski definition) is 6. The molecule has 4 rings (SSSR count). The van der Waals surface area contributed by atoms with Gasteiger partial charge in [0.2, 0.25) is 5.91 Å². The summed E-state index contributed by atoms with van der Waals surface area (Å²) in [6.07, 6.45) is -1.29. The Balaban J connectivity index is 1.60. The highest BCUT2D eigenvalue weighted by atomic mass is 35.5. The van der Waals surface area contributed by atoms with Crippen molar-refractivity contribution < 1.29 is 37.4 Å². The molecular formula is C35H33Cl4F2N3O6. The van der Waals surface area contributed by atoms with Crippen molar-refractivity contribution in [2.75, 3.05) is 15.5 Å². The van der Waals surface area contributed by atoms with Crippen LogP contribution in [0, 0.1) is 17.6 Å². The first-order chi connectivity index (χ1) is 23.1. The van der Waals surface area contributed by atoms with Crippen LogP contribution in [0.5, 0.6) is 0 Å². The fraction of sp³-hybridized carbons (Fsp3) is 0.314. The summed E-state index contributed by atoms with van der Waals surface area (Å²) in [5.74, 6) is -5.79. The zero-order chi connectivity index (χ0) is 37.5. The van der Waals surface area contributed by atoms with E-state index in [1.165, 1.54) is 59.7 Å². The summed E-state index contributed by atoms with van der Waals surface area (Å²) in [4.78, 5) is 52.9. The largest absolute Gasteiger partial charge is 0.443 e. The van der Waals surface area contributed by atoms with Crippen LogP contribution in [-0.2, 0) is 14.3 Å². The third-order valence-electron chi connectivity index (χ3n) is 7.10. The quantitative estimate of drug-likeness (QED) is 0.231. The smallest absolute Gasteiger partial charge is 0.424 e. The number of alkyl halides is 2. The van der Waals surface area contributed by atoms with Crippen LogP contribution >= 0.6 is 46.4 Å². The van der Waals surface area contributed by atoms with Gasteiger partial charge < -0.3 is 20.1 Å². The summed E-state index contributed by atoms with van der Waals surface area (Å²) in [5, 5.41) is 5.31. The number of ether oxygens (including phenoxy) is 2. The van der Waals surface area contributed by atoms with E-state index in [0.717, 1.165) is 12.1 Å². The fourth-order valence-corrected chi connectivity index (χ4v) is 6.11. The molecule has 0 spiro atoms. The number of amides is 4. The number of anilines is 3. The second-order valence-electron chi connectivity index (χ2n) is 13.3. The Morgan fingerprint density at radius 3 is 2.00 bits per heavy atom. The Kier molecular flexibility index (Phi) is 11.2. The molecule has 0 bridgehead atoms. The first-order valence-corrected chi connectivity index (χ1v) is 16.5. The van der Waals surface area contributed by atoms with Gasteiger partial charge in [0, 0.05) is 16.6 Å². The molecule has 0 saturated heterocycles. The standard InChI is InChI=1S/C35H33Cl4F2N3O6/c1-8-17-15-18(9-11-21(17)36)25-26(35(25,38)39)30(46)42-19-10-12-22(37)20(16-19)29(45)43-24-14-13-23(40)28(27(24)41)44(31(47)49-33(2,3)4)32(48)50-34(5,6)7/h8-16,25-26H,1H2,2-7H3,(H,42,46)(H,43,45). The van der Waals surface area contributed by atoms with Gasteiger partial charge in [-0.3, -0.25) is 9.59 Å². The normalized spacial score (nSPS) is 16.6. The molecule has 2 N–H and O–H groups in total. The van der Waals surface area contributed by atoms with Crippen molar-refractivity contribution in [2.24, 2.45) is 5.92 Å². The van der Waals surface area contributed by atoms with E-state index < -0.39 is 74.4 Å². The molecule has 3 aromatic rings. The lowest BCUT2D eigenvalue weighted by molar-refractivity contribution is -0.117. The number of rotatable bonds is 7. The van der Waals surface area contributed by atoms with Gasteiger partial charge in [0.25, 0.3) is 5.91 Å². The maximum absolute atomic E-state index is 16.0. The van der Waals surface area contributed by atoms with Gasteiger partial charge in [0.15, 0.2) is 11.6 Å². The number of halogens is 6. The van der Waals surface area contributed by atoms with Crippen LogP contribution in [0.25, 0.3) is 6.08 Å². The minimum Gasteiger partial charge on any atom is -0.443 e. The second kappa shape index (κ2) is 14.4. The van der Waals surface area contributed by atoms with Crippen LogP contribution in [0.15, 0.2) is 55.1 Å². The summed E-state index contributed by atoms with van der Waals surface area (Å²) < 4.78 is 40.2. The maximum Gasteiger partial charge on any atom is 0.424 e. The molecule has 266 valence electrons. The summed E-state index contributed by atoms with van der Waals surface area (Å²) in [6, 6.07) is 10.7. The van der Waals surface area contributed by atoms with Crippen molar-refractivity contribution in [3.63, 3.8) is 0 Å². The Hall–Kier alpha value is -3.90. The molecule has 50 heavy (non-hydrogen) atoms. The highest BCUT2D eigenvalue weighted by Crippen LogP contribution is 2.65. The van der Waals surface area contributed by atoms with Gasteiger partial charge in [-0.2, -0.15) is 4.90 Å². The lowest BCUT2D eigenvalue weighted by atomic mass is 10.1. The van der Waals surface area contributed by atoms with Crippen molar-refractivity contribution in [1.82, 2.24) is 0 Å². The van der Waals surface area contributed by atoms with Gasteiger partial charge in [0.1, 0.15) is 21.2 Å². The highest BCUT2D eigenvalue weighted by molar-refractivity contribution is 6.53. The topological polar surface area (TPSA) is 114 Å². The minimum atomic E-state index is -1.49. The number of nitrogens with one attached hydrogen (secondary N) is 2. The van der Waals surface area contributed by atoms with E-state index in [9.17, 15) is 19.2 Å². The van der Waals surface area contributed by atoms with E-state index in [4.69, 9.17) is 55.9 Å². The molecular weight excluding hydrogens is 738 g/mol. The summed E-state index contributed by atoms with van der Waals surface area (Å²) in [7, 11) is 0. The van der Waals surface area contributed by atoms with E-state index >= 15 is 8.78 Å². The van der Waals surface area contributed by atoms with E-state index in [1.807, 2.05) is 0 Å². The van der Waals surface area contributed by atoms with Crippen LogP contribution < -0.4 is 15.5 Å². The molecule has 4 amide bonds. The number of carbonyl (C=O) groups is 4. The number of nitrogens with zero attached hydrogens (tertiary/aromatic N) is 1. The molecule has 1 aliphatic carbocycles. The van der Waals surface area contributed by atoms with Gasteiger partial charge in [-0.1, -0.05) is 41.9 Å². The van der Waals surface area contributed by atoms with Gasteiger partial charge >= 0.3 is 12.2 Å². The highest BCUT2D eigenvalue weighted by Gasteiger charge is 2.67.